The van der Waals surface area contributed by atoms with E-state index in [0.29, 0.717) is 13.1 Å². The molecule has 0 spiro atoms. The second-order valence-corrected chi connectivity index (χ2v) is 4.52. The van der Waals surface area contributed by atoms with Crippen molar-refractivity contribution < 1.29 is 4.79 Å². The molecular formula is C15H17N3O2. The van der Waals surface area contributed by atoms with Gasteiger partial charge in [-0.1, -0.05) is 30.3 Å². The second-order valence-electron chi connectivity index (χ2n) is 4.52. The van der Waals surface area contributed by atoms with Crippen LogP contribution < -0.4 is 5.56 Å². The summed E-state index contributed by atoms with van der Waals surface area (Å²) in [6.45, 7) is 2.77. The number of rotatable bonds is 4. The van der Waals surface area contributed by atoms with Crippen LogP contribution >= 0.6 is 0 Å². The fourth-order valence-electron chi connectivity index (χ4n) is 1.91. The average molecular weight is 271 g/mol. The smallest absolute Gasteiger partial charge is 0.274 e. The molecule has 2 rings (SSSR count). The molecule has 20 heavy (non-hydrogen) atoms. The average Bonchev–Trinajstić information content (AvgIpc) is 2.48. The minimum atomic E-state index is -0.199. The molecule has 0 atom stereocenters. The van der Waals surface area contributed by atoms with Gasteiger partial charge in [0.05, 0.1) is 0 Å². The molecule has 0 unspecified atom stereocenters. The van der Waals surface area contributed by atoms with Crippen molar-refractivity contribution in [3.05, 3.63) is 64.1 Å². The lowest BCUT2D eigenvalue weighted by atomic mass is 10.2. The molecule has 104 valence electrons. The molecule has 0 bridgehead atoms. The molecular weight excluding hydrogens is 254 g/mol. The van der Waals surface area contributed by atoms with Crippen LogP contribution in [0.3, 0.4) is 0 Å². The van der Waals surface area contributed by atoms with Crippen LogP contribution in [-0.4, -0.2) is 27.6 Å². The van der Waals surface area contributed by atoms with Crippen LogP contribution in [0.2, 0.25) is 0 Å². The SMILES string of the molecule is CCn1nc(C(=O)N(C)Cc2ccccc2)ccc1=O. The van der Waals surface area contributed by atoms with Crippen molar-refractivity contribution in [1.29, 1.82) is 0 Å². The zero-order valence-electron chi connectivity index (χ0n) is 11.6. The Bertz CT molecular complexity index is 650. The van der Waals surface area contributed by atoms with Crippen LogP contribution in [-0.2, 0) is 13.1 Å². The molecule has 0 N–H and O–H groups in total. The normalized spacial score (nSPS) is 10.3. The van der Waals surface area contributed by atoms with Gasteiger partial charge in [-0.25, -0.2) is 4.68 Å². The molecule has 0 saturated carbocycles. The summed E-state index contributed by atoms with van der Waals surface area (Å²) >= 11 is 0. The van der Waals surface area contributed by atoms with Gasteiger partial charge in [-0.2, -0.15) is 5.10 Å². The molecule has 0 radical (unpaired) electrons. The van der Waals surface area contributed by atoms with E-state index in [4.69, 9.17) is 0 Å². The largest absolute Gasteiger partial charge is 0.336 e. The van der Waals surface area contributed by atoms with Gasteiger partial charge in [0.1, 0.15) is 5.69 Å². The van der Waals surface area contributed by atoms with Crippen molar-refractivity contribution in [3.63, 3.8) is 0 Å². The lowest BCUT2D eigenvalue weighted by Gasteiger charge is -2.17. The van der Waals surface area contributed by atoms with Gasteiger partial charge in [-0.05, 0) is 18.6 Å². The third kappa shape index (κ3) is 3.12. The summed E-state index contributed by atoms with van der Waals surface area (Å²) in [7, 11) is 1.72. The van der Waals surface area contributed by atoms with Gasteiger partial charge in [-0.15, -0.1) is 0 Å². The number of amides is 1. The fourth-order valence-corrected chi connectivity index (χ4v) is 1.91. The number of aromatic nitrogens is 2. The van der Waals surface area contributed by atoms with E-state index in [-0.39, 0.29) is 17.2 Å². The summed E-state index contributed by atoms with van der Waals surface area (Å²) in [5.41, 5.74) is 1.13. The standard InChI is InChI=1S/C15H17N3O2/c1-3-18-14(19)10-9-13(16-18)15(20)17(2)11-12-7-5-4-6-8-12/h4-10H,3,11H2,1-2H3. The zero-order chi connectivity index (χ0) is 14.5. The number of benzene rings is 1. The van der Waals surface area contributed by atoms with Crippen molar-refractivity contribution in [2.45, 2.75) is 20.0 Å². The lowest BCUT2D eigenvalue weighted by Crippen LogP contribution is -2.30. The maximum absolute atomic E-state index is 12.3. The van der Waals surface area contributed by atoms with Crippen molar-refractivity contribution in [3.8, 4) is 0 Å². The monoisotopic (exact) mass is 271 g/mol. The van der Waals surface area contributed by atoms with E-state index >= 15 is 0 Å². The maximum Gasteiger partial charge on any atom is 0.274 e. The number of aryl methyl sites for hydroxylation is 1. The Labute approximate surface area is 117 Å². The van der Waals surface area contributed by atoms with Gasteiger partial charge in [-0.3, -0.25) is 9.59 Å². The summed E-state index contributed by atoms with van der Waals surface area (Å²) in [4.78, 5) is 25.3. The molecule has 1 aromatic carbocycles. The van der Waals surface area contributed by atoms with Crippen molar-refractivity contribution in [2.75, 3.05) is 7.05 Å². The van der Waals surface area contributed by atoms with E-state index in [1.54, 1.807) is 11.9 Å². The maximum atomic E-state index is 12.3. The molecule has 0 aliphatic heterocycles. The summed E-state index contributed by atoms with van der Waals surface area (Å²) in [6.07, 6.45) is 0. The minimum Gasteiger partial charge on any atom is -0.336 e. The molecule has 2 aromatic rings. The Balaban J connectivity index is 2.16. The quantitative estimate of drug-likeness (QED) is 0.847. The van der Waals surface area contributed by atoms with Crippen LogP contribution in [0.4, 0.5) is 0 Å². The van der Waals surface area contributed by atoms with Gasteiger partial charge in [0.25, 0.3) is 11.5 Å². The van der Waals surface area contributed by atoms with E-state index in [2.05, 4.69) is 5.10 Å². The van der Waals surface area contributed by atoms with Crippen LogP contribution in [0.25, 0.3) is 0 Å². The highest BCUT2D eigenvalue weighted by Crippen LogP contribution is 2.05. The van der Waals surface area contributed by atoms with Crippen LogP contribution in [0.5, 0.6) is 0 Å². The molecule has 5 heteroatoms. The van der Waals surface area contributed by atoms with Gasteiger partial charge in [0.2, 0.25) is 0 Å². The summed E-state index contributed by atoms with van der Waals surface area (Å²) in [6, 6.07) is 12.6. The Morgan fingerprint density at radius 3 is 2.55 bits per heavy atom. The van der Waals surface area contributed by atoms with Gasteiger partial charge in [0, 0.05) is 26.2 Å². The van der Waals surface area contributed by atoms with Gasteiger partial charge >= 0.3 is 0 Å². The molecule has 0 aliphatic carbocycles. The Morgan fingerprint density at radius 2 is 1.90 bits per heavy atom. The van der Waals surface area contributed by atoms with Gasteiger partial charge in [0.15, 0.2) is 0 Å². The first-order chi connectivity index (χ1) is 9.61. The summed E-state index contributed by atoms with van der Waals surface area (Å²) in [5.74, 6) is -0.198. The molecule has 1 amide bonds. The van der Waals surface area contributed by atoms with Gasteiger partial charge < -0.3 is 4.90 Å². The lowest BCUT2D eigenvalue weighted by molar-refractivity contribution is 0.0776. The van der Waals surface area contributed by atoms with E-state index < -0.39 is 0 Å². The molecule has 0 saturated heterocycles. The van der Waals surface area contributed by atoms with Crippen molar-refractivity contribution in [1.82, 2.24) is 14.7 Å². The first-order valence-corrected chi connectivity index (χ1v) is 6.49. The number of carbonyl (C=O) groups is 1. The van der Waals surface area contributed by atoms with E-state index in [0.717, 1.165) is 5.56 Å². The Kier molecular flexibility index (Phi) is 4.30. The predicted molar refractivity (Wildman–Crippen MR) is 76.4 cm³/mol. The molecule has 5 nitrogen and oxygen atoms in total. The number of carbonyl (C=O) groups excluding carboxylic acids is 1. The van der Waals surface area contributed by atoms with E-state index in [1.165, 1.54) is 16.8 Å². The third-order valence-corrected chi connectivity index (χ3v) is 2.99. The van der Waals surface area contributed by atoms with Crippen molar-refractivity contribution in [2.24, 2.45) is 0 Å². The molecule has 0 fully saturated rings. The fraction of sp³-hybridized carbons (Fsp3) is 0.267. The Morgan fingerprint density at radius 1 is 1.20 bits per heavy atom. The second kappa shape index (κ2) is 6.14. The third-order valence-electron chi connectivity index (χ3n) is 2.99. The van der Waals surface area contributed by atoms with Crippen LogP contribution in [0.1, 0.15) is 23.0 Å². The number of hydrogen-bond acceptors (Lipinski definition) is 3. The first kappa shape index (κ1) is 14.0. The van der Waals surface area contributed by atoms with E-state index in [1.807, 2.05) is 37.3 Å². The topological polar surface area (TPSA) is 55.2 Å². The highest BCUT2D eigenvalue weighted by molar-refractivity contribution is 5.91. The number of hydrogen-bond donors (Lipinski definition) is 0. The highest BCUT2D eigenvalue weighted by Gasteiger charge is 2.14. The van der Waals surface area contributed by atoms with Crippen LogP contribution in [0, 0.1) is 0 Å². The van der Waals surface area contributed by atoms with Crippen LogP contribution in [0.15, 0.2) is 47.3 Å². The molecule has 1 aromatic heterocycles. The van der Waals surface area contributed by atoms with E-state index in [9.17, 15) is 9.59 Å². The summed E-state index contributed by atoms with van der Waals surface area (Å²) in [5, 5.41) is 4.07. The molecule has 1 heterocycles. The first-order valence-electron chi connectivity index (χ1n) is 6.49. The zero-order valence-corrected chi connectivity index (χ0v) is 11.6. The Hall–Kier alpha value is -2.43. The predicted octanol–water partition coefficient (Wildman–Crippen LogP) is 1.54. The highest BCUT2D eigenvalue weighted by atomic mass is 16.2. The number of nitrogens with zero attached hydrogens (tertiary/aromatic N) is 3. The minimum absolute atomic E-state index is 0.198. The summed E-state index contributed by atoms with van der Waals surface area (Å²) < 4.78 is 1.28. The van der Waals surface area contributed by atoms with Crippen molar-refractivity contribution >= 4 is 5.91 Å². The molecule has 0 aliphatic rings.